The van der Waals surface area contributed by atoms with Gasteiger partial charge in [-0.1, -0.05) is 26.0 Å². The van der Waals surface area contributed by atoms with E-state index in [9.17, 15) is 4.79 Å². The molecule has 1 aromatic rings. The number of carbonyl (C=O) groups excluding carboxylic acids is 1. The number of carbonyl (C=O) groups is 1. The highest BCUT2D eigenvalue weighted by Crippen LogP contribution is 2.19. The molecule has 94 valence electrons. The first kappa shape index (κ1) is 14.1. The molecule has 0 aliphatic rings. The lowest BCUT2D eigenvalue weighted by molar-refractivity contribution is 0.0946. The molecule has 1 aromatic carbocycles. The topological polar surface area (TPSA) is 55.1 Å². The summed E-state index contributed by atoms with van der Waals surface area (Å²) in [6.07, 6.45) is 1.96. The Morgan fingerprint density at radius 1 is 1.41 bits per heavy atom. The van der Waals surface area contributed by atoms with Gasteiger partial charge < -0.3 is 11.1 Å². The van der Waals surface area contributed by atoms with Crippen LogP contribution in [0.1, 0.15) is 24.2 Å². The molecule has 1 unspecified atom stereocenters. The summed E-state index contributed by atoms with van der Waals surface area (Å²) < 4.78 is 0. The van der Waals surface area contributed by atoms with Crippen molar-refractivity contribution in [2.45, 2.75) is 24.8 Å². The van der Waals surface area contributed by atoms with Crippen molar-refractivity contribution in [2.24, 2.45) is 11.7 Å². The second kappa shape index (κ2) is 6.67. The number of benzene rings is 1. The minimum absolute atomic E-state index is 0.000363. The highest BCUT2D eigenvalue weighted by molar-refractivity contribution is 7.98. The fourth-order valence-electron chi connectivity index (χ4n) is 1.37. The molecule has 4 heteroatoms. The maximum absolute atomic E-state index is 12.0. The van der Waals surface area contributed by atoms with Gasteiger partial charge in [0.15, 0.2) is 0 Å². The summed E-state index contributed by atoms with van der Waals surface area (Å²) in [6.45, 7) is 4.61. The predicted octanol–water partition coefficient (Wildman–Crippen LogP) is 2.12. The molecule has 3 nitrogen and oxygen atoms in total. The Bertz CT molecular complexity index is 379. The summed E-state index contributed by atoms with van der Waals surface area (Å²) in [5, 5.41) is 2.88. The minimum Gasteiger partial charge on any atom is -0.350 e. The lowest BCUT2D eigenvalue weighted by Crippen LogP contribution is -2.40. The molecule has 0 aliphatic carbocycles. The van der Waals surface area contributed by atoms with Crippen molar-refractivity contribution < 1.29 is 4.79 Å². The number of amides is 1. The maximum Gasteiger partial charge on any atom is 0.252 e. The standard InChI is InChI=1S/C13H20N2OS/c1-9(2)11(14)8-15-13(16)10-6-4-5-7-12(10)17-3/h4-7,9,11H,8,14H2,1-3H3,(H,15,16). The van der Waals surface area contributed by atoms with Crippen molar-refractivity contribution in [3.8, 4) is 0 Å². The van der Waals surface area contributed by atoms with Gasteiger partial charge in [-0.2, -0.15) is 0 Å². The predicted molar refractivity (Wildman–Crippen MR) is 73.4 cm³/mol. The molecule has 0 heterocycles. The highest BCUT2D eigenvalue weighted by atomic mass is 32.2. The molecule has 0 aliphatic heterocycles. The molecule has 17 heavy (non-hydrogen) atoms. The Hall–Kier alpha value is -1.00. The van der Waals surface area contributed by atoms with Crippen LogP contribution in [0.4, 0.5) is 0 Å². The van der Waals surface area contributed by atoms with Crippen molar-refractivity contribution in [3.05, 3.63) is 29.8 Å². The van der Waals surface area contributed by atoms with Crippen molar-refractivity contribution in [3.63, 3.8) is 0 Å². The van der Waals surface area contributed by atoms with Crippen LogP contribution in [0.25, 0.3) is 0 Å². The fraction of sp³-hybridized carbons (Fsp3) is 0.462. The zero-order chi connectivity index (χ0) is 12.8. The van der Waals surface area contributed by atoms with E-state index in [0.29, 0.717) is 12.5 Å². The summed E-state index contributed by atoms with van der Waals surface area (Å²) in [6, 6.07) is 7.59. The fourth-order valence-corrected chi connectivity index (χ4v) is 1.97. The number of rotatable bonds is 5. The SMILES string of the molecule is CSc1ccccc1C(=O)NCC(N)C(C)C. The van der Waals surface area contributed by atoms with Gasteiger partial charge in [0.05, 0.1) is 5.56 Å². The average Bonchev–Trinajstić information content (AvgIpc) is 2.35. The van der Waals surface area contributed by atoms with Gasteiger partial charge >= 0.3 is 0 Å². The summed E-state index contributed by atoms with van der Waals surface area (Å²) in [5.41, 5.74) is 6.61. The second-order valence-corrected chi connectivity index (χ2v) is 5.17. The van der Waals surface area contributed by atoms with Crippen LogP contribution in [0.2, 0.25) is 0 Å². The third kappa shape index (κ3) is 4.06. The molecule has 0 aromatic heterocycles. The lowest BCUT2D eigenvalue weighted by Gasteiger charge is -2.16. The number of hydrogen-bond acceptors (Lipinski definition) is 3. The van der Waals surface area contributed by atoms with Crippen molar-refractivity contribution >= 4 is 17.7 Å². The zero-order valence-electron chi connectivity index (χ0n) is 10.6. The van der Waals surface area contributed by atoms with Gasteiger partial charge in [-0.15, -0.1) is 11.8 Å². The van der Waals surface area contributed by atoms with Crippen LogP contribution in [0.15, 0.2) is 29.2 Å². The van der Waals surface area contributed by atoms with E-state index in [0.717, 1.165) is 10.5 Å². The summed E-state index contributed by atoms with van der Waals surface area (Å²) in [5.74, 6) is 0.317. The van der Waals surface area contributed by atoms with Crippen molar-refractivity contribution in [2.75, 3.05) is 12.8 Å². The van der Waals surface area contributed by atoms with Crippen LogP contribution in [0, 0.1) is 5.92 Å². The Kier molecular flexibility index (Phi) is 5.51. The Labute approximate surface area is 107 Å². The minimum atomic E-state index is -0.0500. The molecule has 1 atom stereocenters. The largest absolute Gasteiger partial charge is 0.350 e. The van der Waals surface area contributed by atoms with Gasteiger partial charge in [0.2, 0.25) is 0 Å². The summed E-state index contributed by atoms with van der Waals surface area (Å²) in [7, 11) is 0. The van der Waals surface area contributed by atoms with E-state index in [1.54, 1.807) is 11.8 Å². The third-order valence-corrected chi connectivity index (χ3v) is 3.50. The summed E-state index contributed by atoms with van der Waals surface area (Å²) in [4.78, 5) is 13.0. The molecule has 0 fully saturated rings. The van der Waals surface area contributed by atoms with Crippen LogP contribution in [0.5, 0.6) is 0 Å². The number of thioether (sulfide) groups is 1. The molecule has 1 amide bonds. The molecule has 0 bridgehead atoms. The van der Waals surface area contributed by atoms with Crippen LogP contribution in [-0.4, -0.2) is 24.7 Å². The smallest absolute Gasteiger partial charge is 0.252 e. The Balaban J connectivity index is 2.64. The van der Waals surface area contributed by atoms with E-state index in [2.05, 4.69) is 5.32 Å². The number of nitrogens with two attached hydrogens (primary N) is 1. The maximum atomic E-state index is 12.0. The first-order valence-electron chi connectivity index (χ1n) is 5.73. The first-order chi connectivity index (χ1) is 8.06. The molecule has 0 saturated carbocycles. The van der Waals surface area contributed by atoms with E-state index in [-0.39, 0.29) is 11.9 Å². The lowest BCUT2D eigenvalue weighted by atomic mass is 10.1. The average molecular weight is 252 g/mol. The molecular formula is C13H20N2OS. The van der Waals surface area contributed by atoms with Gasteiger partial charge in [-0.05, 0) is 24.3 Å². The molecule has 0 spiro atoms. The van der Waals surface area contributed by atoms with Gasteiger partial charge in [0.25, 0.3) is 5.91 Å². The van der Waals surface area contributed by atoms with E-state index < -0.39 is 0 Å². The molecule has 0 radical (unpaired) electrons. The van der Waals surface area contributed by atoms with Gasteiger partial charge in [0.1, 0.15) is 0 Å². The normalized spacial score (nSPS) is 12.5. The quantitative estimate of drug-likeness (QED) is 0.789. The van der Waals surface area contributed by atoms with Crippen molar-refractivity contribution in [1.82, 2.24) is 5.32 Å². The summed E-state index contributed by atoms with van der Waals surface area (Å²) >= 11 is 1.57. The molecule has 0 saturated heterocycles. The van der Waals surface area contributed by atoms with E-state index in [4.69, 9.17) is 5.73 Å². The zero-order valence-corrected chi connectivity index (χ0v) is 11.4. The van der Waals surface area contributed by atoms with Crippen LogP contribution >= 0.6 is 11.8 Å². The highest BCUT2D eigenvalue weighted by Gasteiger charge is 2.12. The Morgan fingerprint density at radius 2 is 2.06 bits per heavy atom. The van der Waals surface area contributed by atoms with Crippen LogP contribution in [0.3, 0.4) is 0 Å². The van der Waals surface area contributed by atoms with E-state index in [1.807, 2.05) is 44.4 Å². The Morgan fingerprint density at radius 3 is 2.65 bits per heavy atom. The third-order valence-electron chi connectivity index (χ3n) is 2.71. The molecule has 3 N–H and O–H groups in total. The molecular weight excluding hydrogens is 232 g/mol. The van der Waals surface area contributed by atoms with Crippen LogP contribution < -0.4 is 11.1 Å². The van der Waals surface area contributed by atoms with Crippen molar-refractivity contribution in [1.29, 1.82) is 0 Å². The first-order valence-corrected chi connectivity index (χ1v) is 6.95. The van der Waals surface area contributed by atoms with E-state index >= 15 is 0 Å². The monoisotopic (exact) mass is 252 g/mol. The number of nitrogens with one attached hydrogen (secondary N) is 1. The van der Waals surface area contributed by atoms with E-state index in [1.165, 1.54) is 0 Å². The second-order valence-electron chi connectivity index (χ2n) is 4.32. The van der Waals surface area contributed by atoms with Gasteiger partial charge in [-0.25, -0.2) is 0 Å². The number of hydrogen-bond donors (Lipinski definition) is 2. The van der Waals surface area contributed by atoms with Gasteiger partial charge in [-0.3, -0.25) is 4.79 Å². The van der Waals surface area contributed by atoms with Crippen LogP contribution in [-0.2, 0) is 0 Å². The van der Waals surface area contributed by atoms with Gasteiger partial charge in [0, 0.05) is 17.5 Å². The molecule has 1 rings (SSSR count).